The number of benzene rings is 2. The SMILES string of the molecule is Cc1cc(C)n(-c2ccc(C(=O)N(CCC(N)=O)c3ccc(F)cc3)cc2)n1. The van der Waals surface area contributed by atoms with E-state index in [-0.39, 0.29) is 18.9 Å². The minimum Gasteiger partial charge on any atom is -0.370 e. The third-order valence-electron chi connectivity index (χ3n) is 4.33. The number of amides is 2. The topological polar surface area (TPSA) is 81.2 Å². The van der Waals surface area contributed by atoms with E-state index in [1.165, 1.54) is 29.2 Å². The fourth-order valence-electron chi connectivity index (χ4n) is 2.98. The van der Waals surface area contributed by atoms with Crippen molar-refractivity contribution in [1.82, 2.24) is 9.78 Å². The molecule has 7 heteroatoms. The molecule has 0 atom stereocenters. The van der Waals surface area contributed by atoms with Crippen LogP contribution >= 0.6 is 0 Å². The average molecular weight is 380 g/mol. The Morgan fingerprint density at radius 2 is 1.71 bits per heavy atom. The molecule has 0 aliphatic carbocycles. The molecule has 28 heavy (non-hydrogen) atoms. The summed E-state index contributed by atoms with van der Waals surface area (Å²) < 4.78 is 15.0. The number of halogens is 1. The lowest BCUT2D eigenvalue weighted by molar-refractivity contribution is -0.117. The predicted molar refractivity (Wildman–Crippen MR) is 105 cm³/mol. The summed E-state index contributed by atoms with van der Waals surface area (Å²) >= 11 is 0. The first kappa shape index (κ1) is 19.3. The second-order valence-electron chi connectivity index (χ2n) is 6.54. The number of carbonyl (C=O) groups is 2. The Morgan fingerprint density at radius 3 is 2.25 bits per heavy atom. The van der Waals surface area contributed by atoms with E-state index in [0.29, 0.717) is 11.3 Å². The van der Waals surface area contributed by atoms with Gasteiger partial charge in [0.05, 0.1) is 11.4 Å². The lowest BCUT2D eigenvalue weighted by Crippen LogP contribution is -2.34. The summed E-state index contributed by atoms with van der Waals surface area (Å²) in [6.45, 7) is 3.98. The Hall–Kier alpha value is -3.48. The van der Waals surface area contributed by atoms with Gasteiger partial charge in [0.1, 0.15) is 5.82 Å². The fraction of sp³-hybridized carbons (Fsp3) is 0.190. The second-order valence-corrected chi connectivity index (χ2v) is 6.54. The second kappa shape index (κ2) is 8.04. The van der Waals surface area contributed by atoms with Crippen LogP contribution in [0.5, 0.6) is 0 Å². The van der Waals surface area contributed by atoms with Crippen LogP contribution < -0.4 is 10.6 Å². The first-order chi connectivity index (χ1) is 13.3. The van der Waals surface area contributed by atoms with Crippen molar-refractivity contribution in [3.05, 3.63) is 77.4 Å². The Balaban J connectivity index is 1.88. The van der Waals surface area contributed by atoms with E-state index >= 15 is 0 Å². The summed E-state index contributed by atoms with van der Waals surface area (Å²) in [4.78, 5) is 25.6. The van der Waals surface area contributed by atoms with Crippen LogP contribution in [-0.4, -0.2) is 28.1 Å². The van der Waals surface area contributed by atoms with Crippen LogP contribution in [0.4, 0.5) is 10.1 Å². The first-order valence-electron chi connectivity index (χ1n) is 8.84. The van der Waals surface area contributed by atoms with Crippen molar-refractivity contribution >= 4 is 17.5 Å². The number of aromatic nitrogens is 2. The highest BCUT2D eigenvalue weighted by Crippen LogP contribution is 2.20. The summed E-state index contributed by atoms with van der Waals surface area (Å²) in [6, 6.07) is 14.5. The van der Waals surface area contributed by atoms with Crippen LogP contribution in [-0.2, 0) is 4.79 Å². The van der Waals surface area contributed by atoms with Gasteiger partial charge in [-0.15, -0.1) is 0 Å². The molecule has 144 valence electrons. The van der Waals surface area contributed by atoms with Crippen molar-refractivity contribution < 1.29 is 14.0 Å². The molecule has 1 heterocycles. The summed E-state index contributed by atoms with van der Waals surface area (Å²) in [6.07, 6.45) is 0.00690. The van der Waals surface area contributed by atoms with Gasteiger partial charge in [0.2, 0.25) is 5.91 Å². The van der Waals surface area contributed by atoms with Gasteiger partial charge < -0.3 is 10.6 Å². The standard InChI is InChI=1S/C21H21FN4O2/c1-14-13-15(2)26(24-14)19-7-3-16(4-8-19)21(28)25(12-11-20(23)27)18-9-5-17(22)6-10-18/h3-10,13H,11-12H2,1-2H3,(H2,23,27). The molecule has 0 aliphatic rings. The fourth-order valence-corrected chi connectivity index (χ4v) is 2.98. The summed E-state index contributed by atoms with van der Waals surface area (Å²) in [5, 5.41) is 4.43. The van der Waals surface area contributed by atoms with Crippen LogP contribution in [0.25, 0.3) is 5.69 Å². The Labute approximate surface area is 162 Å². The average Bonchev–Trinajstić information content (AvgIpc) is 3.01. The maximum Gasteiger partial charge on any atom is 0.258 e. The number of carbonyl (C=O) groups excluding carboxylic acids is 2. The zero-order valence-electron chi connectivity index (χ0n) is 15.7. The van der Waals surface area contributed by atoms with Gasteiger partial charge in [0.25, 0.3) is 5.91 Å². The molecule has 0 radical (unpaired) electrons. The van der Waals surface area contributed by atoms with E-state index in [2.05, 4.69) is 5.10 Å². The quantitative estimate of drug-likeness (QED) is 0.713. The maximum absolute atomic E-state index is 13.2. The third-order valence-corrected chi connectivity index (χ3v) is 4.33. The van der Waals surface area contributed by atoms with Crippen LogP contribution in [0.3, 0.4) is 0 Å². The zero-order chi connectivity index (χ0) is 20.3. The number of rotatable bonds is 6. The Morgan fingerprint density at radius 1 is 1.07 bits per heavy atom. The van der Waals surface area contributed by atoms with Crippen LogP contribution in [0.15, 0.2) is 54.6 Å². The van der Waals surface area contributed by atoms with Gasteiger partial charge in [0.15, 0.2) is 0 Å². The van der Waals surface area contributed by atoms with Gasteiger partial charge in [-0.3, -0.25) is 9.59 Å². The number of hydrogen-bond donors (Lipinski definition) is 1. The van der Waals surface area contributed by atoms with E-state index in [1.807, 2.05) is 32.0 Å². The van der Waals surface area contributed by atoms with Gasteiger partial charge >= 0.3 is 0 Å². The monoisotopic (exact) mass is 380 g/mol. The summed E-state index contributed by atoms with van der Waals surface area (Å²) in [7, 11) is 0. The highest BCUT2D eigenvalue weighted by Gasteiger charge is 2.19. The largest absolute Gasteiger partial charge is 0.370 e. The molecular weight excluding hydrogens is 359 g/mol. The molecular formula is C21H21FN4O2. The summed E-state index contributed by atoms with van der Waals surface area (Å²) in [5.41, 5.74) is 8.92. The molecule has 2 amide bonds. The number of anilines is 1. The smallest absolute Gasteiger partial charge is 0.258 e. The molecule has 0 saturated carbocycles. The number of aryl methyl sites for hydroxylation is 2. The molecule has 1 aromatic heterocycles. The number of hydrogen-bond acceptors (Lipinski definition) is 3. The van der Waals surface area contributed by atoms with Gasteiger partial charge in [-0.2, -0.15) is 5.10 Å². The van der Waals surface area contributed by atoms with Crippen LogP contribution in [0.1, 0.15) is 28.2 Å². The summed E-state index contributed by atoms with van der Waals surface area (Å²) in [5.74, 6) is -1.21. The molecule has 3 aromatic rings. The van der Waals surface area contributed by atoms with Crippen molar-refractivity contribution in [3.63, 3.8) is 0 Å². The number of primary amides is 1. The van der Waals surface area contributed by atoms with E-state index < -0.39 is 11.7 Å². The molecule has 6 nitrogen and oxygen atoms in total. The minimum atomic E-state index is -0.514. The van der Waals surface area contributed by atoms with Gasteiger partial charge in [-0.05, 0) is 68.4 Å². The molecule has 2 aromatic carbocycles. The van der Waals surface area contributed by atoms with E-state index in [4.69, 9.17) is 5.73 Å². The Bertz CT molecular complexity index is 994. The third kappa shape index (κ3) is 4.25. The minimum absolute atomic E-state index is 0.00690. The molecule has 0 spiro atoms. The lowest BCUT2D eigenvalue weighted by atomic mass is 10.1. The van der Waals surface area contributed by atoms with Crippen molar-refractivity contribution in [3.8, 4) is 5.69 Å². The highest BCUT2D eigenvalue weighted by molar-refractivity contribution is 6.06. The van der Waals surface area contributed by atoms with Gasteiger partial charge in [0, 0.05) is 29.9 Å². The molecule has 0 bridgehead atoms. The number of nitrogens with zero attached hydrogens (tertiary/aromatic N) is 3. The molecule has 0 unspecified atom stereocenters. The molecule has 3 rings (SSSR count). The van der Waals surface area contributed by atoms with Crippen molar-refractivity contribution in [2.24, 2.45) is 5.73 Å². The van der Waals surface area contributed by atoms with E-state index in [0.717, 1.165) is 17.1 Å². The number of nitrogens with two attached hydrogens (primary N) is 1. The normalized spacial score (nSPS) is 10.7. The molecule has 0 fully saturated rings. The lowest BCUT2D eigenvalue weighted by Gasteiger charge is -2.22. The van der Waals surface area contributed by atoms with Crippen LogP contribution in [0.2, 0.25) is 0 Å². The van der Waals surface area contributed by atoms with Gasteiger partial charge in [-0.25, -0.2) is 9.07 Å². The van der Waals surface area contributed by atoms with Gasteiger partial charge in [-0.1, -0.05) is 0 Å². The van der Waals surface area contributed by atoms with Crippen molar-refractivity contribution in [1.29, 1.82) is 0 Å². The maximum atomic E-state index is 13.2. The molecule has 2 N–H and O–H groups in total. The van der Waals surface area contributed by atoms with Crippen LogP contribution in [0, 0.1) is 19.7 Å². The Kier molecular flexibility index (Phi) is 5.54. The molecule has 0 saturated heterocycles. The van der Waals surface area contributed by atoms with E-state index in [9.17, 15) is 14.0 Å². The van der Waals surface area contributed by atoms with E-state index in [1.54, 1.807) is 16.8 Å². The first-order valence-corrected chi connectivity index (χ1v) is 8.84. The predicted octanol–water partition coefficient (Wildman–Crippen LogP) is 3.15. The van der Waals surface area contributed by atoms with Crippen molar-refractivity contribution in [2.45, 2.75) is 20.3 Å². The van der Waals surface area contributed by atoms with Crippen molar-refractivity contribution in [2.75, 3.05) is 11.4 Å². The highest BCUT2D eigenvalue weighted by atomic mass is 19.1. The zero-order valence-corrected chi connectivity index (χ0v) is 15.7. The molecule has 0 aliphatic heterocycles.